The summed E-state index contributed by atoms with van der Waals surface area (Å²) < 4.78 is 13.5. The van der Waals surface area contributed by atoms with E-state index in [0.717, 1.165) is 16.7 Å². The number of hydrogen-bond acceptors (Lipinski definition) is 3. The molecule has 0 aliphatic heterocycles. The molecule has 0 saturated carbocycles. The van der Waals surface area contributed by atoms with E-state index in [4.69, 9.17) is 8.85 Å². The Balaban J connectivity index is 2.54. The normalized spacial score (nSPS) is 15.3. The van der Waals surface area contributed by atoms with E-state index in [1.165, 1.54) is 16.7 Å². The van der Waals surface area contributed by atoms with Crippen LogP contribution in [0.15, 0.2) is 60.7 Å². The topological polar surface area (TPSA) is 38.7 Å². The second-order valence-electron chi connectivity index (χ2n) is 14.7. The van der Waals surface area contributed by atoms with Crippen LogP contribution in [0.4, 0.5) is 0 Å². The molecule has 2 aromatic carbocycles. The molecule has 2 rings (SSSR count). The van der Waals surface area contributed by atoms with E-state index in [2.05, 4.69) is 135 Å². The van der Waals surface area contributed by atoms with Gasteiger partial charge in [0.2, 0.25) is 0 Å². The maximum atomic E-state index is 10.6. The third kappa shape index (κ3) is 11.4. The smallest absolute Gasteiger partial charge is 0.171 e. The summed E-state index contributed by atoms with van der Waals surface area (Å²) in [5, 5.41) is 10.6. The third-order valence-electron chi connectivity index (χ3n) is 7.85. The van der Waals surface area contributed by atoms with Gasteiger partial charge in [-0.3, -0.25) is 0 Å². The van der Waals surface area contributed by atoms with Gasteiger partial charge in [0, 0.05) is 0 Å². The molecule has 238 valence electrons. The summed E-state index contributed by atoms with van der Waals surface area (Å²) in [5.74, 6) is 0. The lowest BCUT2D eigenvalue weighted by atomic mass is 9.77. The third-order valence-corrected chi connectivity index (χ3v) is 9.49. The summed E-state index contributed by atoms with van der Waals surface area (Å²) in [4.78, 5) is 0. The van der Waals surface area contributed by atoms with Crippen LogP contribution in [0.5, 0.6) is 0 Å². The van der Waals surface area contributed by atoms with Gasteiger partial charge < -0.3 is 14.0 Å². The van der Waals surface area contributed by atoms with Crippen LogP contribution in [0.3, 0.4) is 0 Å². The second kappa shape index (κ2) is 15.8. The van der Waals surface area contributed by atoms with Gasteiger partial charge in [-0.2, -0.15) is 0 Å². The molecule has 0 fully saturated rings. The first-order valence-electron chi connectivity index (χ1n) is 16.2. The zero-order valence-electron chi connectivity index (χ0n) is 29.4. The van der Waals surface area contributed by atoms with Crippen molar-refractivity contribution in [3.05, 3.63) is 88.5 Å². The van der Waals surface area contributed by atoms with Crippen LogP contribution in [0.2, 0.25) is 26.2 Å². The molecule has 0 aromatic heterocycles. The minimum atomic E-state index is -1.31. The molecule has 0 saturated heterocycles. The zero-order chi connectivity index (χ0) is 32.6. The first-order chi connectivity index (χ1) is 19.9. The number of allylic oxidation sites excluding steroid dienone is 3. The molecule has 5 heteroatoms. The monoisotopic (exact) mass is 620 g/mol. The molecule has 1 N–H and O–H groups in total. The van der Waals surface area contributed by atoms with Crippen molar-refractivity contribution in [3.63, 3.8) is 0 Å². The van der Waals surface area contributed by atoms with Gasteiger partial charge in [-0.25, -0.2) is 0 Å². The first-order valence-corrected chi connectivity index (χ1v) is 21.8. The molecular weight excluding hydrogens is 561 g/mol. The Kier molecular flexibility index (Phi) is 13.7. The largest absolute Gasteiger partial charge is 0.413 e. The molecule has 0 aliphatic carbocycles. The van der Waals surface area contributed by atoms with Crippen molar-refractivity contribution in [3.8, 4) is 0 Å². The summed E-state index contributed by atoms with van der Waals surface area (Å²) in [5.41, 5.74) is 6.34. The first kappa shape index (κ1) is 37.2. The van der Waals surface area contributed by atoms with E-state index in [1.54, 1.807) is 0 Å². The van der Waals surface area contributed by atoms with Crippen LogP contribution in [0.1, 0.15) is 115 Å². The molecule has 2 aromatic rings. The van der Waals surface area contributed by atoms with Crippen molar-refractivity contribution in [1.82, 2.24) is 0 Å². The quantitative estimate of drug-likeness (QED) is 0.138. The predicted molar refractivity (Wildman–Crippen MR) is 194 cm³/mol. The van der Waals surface area contributed by atoms with E-state index >= 15 is 0 Å². The second-order valence-corrected chi connectivity index (χ2v) is 19.5. The van der Waals surface area contributed by atoms with Crippen LogP contribution in [-0.2, 0) is 8.85 Å². The lowest BCUT2D eigenvalue weighted by molar-refractivity contribution is 0.0656. The molecule has 43 heavy (non-hydrogen) atoms. The molecule has 2 atom stereocenters. The molecule has 0 bridgehead atoms. The van der Waals surface area contributed by atoms with Gasteiger partial charge in [0.15, 0.2) is 18.1 Å². The molecular formula is C38H60O3Si2. The molecule has 0 aliphatic rings. The molecule has 0 amide bonds. The van der Waals surface area contributed by atoms with Crippen molar-refractivity contribution < 1.29 is 14.0 Å². The Bertz CT molecular complexity index is 1250. The Morgan fingerprint density at radius 3 is 1.77 bits per heavy atom. The summed E-state index contributed by atoms with van der Waals surface area (Å²) in [7, 11) is -2.60. The maximum absolute atomic E-state index is 10.6. The van der Waals surface area contributed by atoms with Gasteiger partial charge in [0.25, 0.3) is 0 Å². The molecule has 3 nitrogen and oxygen atoms in total. The SMILES string of the molecule is CCC(O)(/C=C/C=C(\C)c1cccc(/C=C/c2ccc(C(O[SiH](C)C)C(C)(C)C)c(C(O[SiH](C)C)C(C)(C)C)c2)c1)CC. The van der Waals surface area contributed by atoms with Crippen molar-refractivity contribution in [2.24, 2.45) is 10.8 Å². The number of rotatable bonds is 13. The number of aliphatic hydroxyl groups is 1. The lowest BCUT2D eigenvalue weighted by Gasteiger charge is -2.39. The summed E-state index contributed by atoms with van der Waals surface area (Å²) >= 11 is 0. The van der Waals surface area contributed by atoms with Crippen LogP contribution in [0.25, 0.3) is 17.7 Å². The van der Waals surface area contributed by atoms with E-state index in [9.17, 15) is 5.11 Å². The van der Waals surface area contributed by atoms with Crippen molar-refractivity contribution in [2.45, 2.75) is 119 Å². The fourth-order valence-corrected chi connectivity index (χ4v) is 7.43. The summed E-state index contributed by atoms with van der Waals surface area (Å²) in [6.07, 6.45) is 11.8. The van der Waals surface area contributed by atoms with Gasteiger partial charge in [-0.15, -0.1) is 0 Å². The van der Waals surface area contributed by atoms with Crippen molar-refractivity contribution >= 4 is 35.8 Å². The number of hydrogen-bond donors (Lipinski definition) is 1. The van der Waals surface area contributed by atoms with Crippen LogP contribution in [-0.4, -0.2) is 28.8 Å². The van der Waals surface area contributed by atoms with Crippen LogP contribution in [0, 0.1) is 10.8 Å². The van der Waals surface area contributed by atoms with E-state index in [1.807, 2.05) is 26.0 Å². The Morgan fingerprint density at radius 2 is 1.28 bits per heavy atom. The number of benzene rings is 2. The van der Waals surface area contributed by atoms with Crippen LogP contribution < -0.4 is 0 Å². The summed E-state index contributed by atoms with van der Waals surface area (Å²) in [6.45, 7) is 28.9. The highest BCUT2D eigenvalue weighted by atomic mass is 28.3. The van der Waals surface area contributed by atoms with Gasteiger partial charge in [0.05, 0.1) is 17.8 Å². The van der Waals surface area contributed by atoms with Gasteiger partial charge >= 0.3 is 0 Å². The fraction of sp³-hybridized carbons (Fsp3) is 0.526. The minimum Gasteiger partial charge on any atom is -0.413 e. The Labute approximate surface area is 267 Å². The molecule has 0 spiro atoms. The molecule has 2 unspecified atom stereocenters. The zero-order valence-corrected chi connectivity index (χ0v) is 31.7. The average molecular weight is 621 g/mol. The Morgan fingerprint density at radius 1 is 0.767 bits per heavy atom. The van der Waals surface area contributed by atoms with Crippen molar-refractivity contribution in [1.29, 1.82) is 0 Å². The van der Waals surface area contributed by atoms with Crippen LogP contribution >= 0.6 is 0 Å². The van der Waals surface area contributed by atoms with E-state index < -0.39 is 23.7 Å². The predicted octanol–water partition coefficient (Wildman–Crippen LogP) is 10.5. The Hall–Kier alpha value is -2.03. The van der Waals surface area contributed by atoms with Gasteiger partial charge in [-0.05, 0) is 102 Å². The van der Waals surface area contributed by atoms with E-state index in [0.29, 0.717) is 12.8 Å². The maximum Gasteiger partial charge on any atom is 0.171 e. The van der Waals surface area contributed by atoms with Crippen molar-refractivity contribution in [2.75, 3.05) is 0 Å². The molecule has 0 radical (unpaired) electrons. The highest BCUT2D eigenvalue weighted by Gasteiger charge is 2.35. The van der Waals surface area contributed by atoms with Gasteiger partial charge in [0.1, 0.15) is 0 Å². The van der Waals surface area contributed by atoms with E-state index in [-0.39, 0.29) is 23.0 Å². The molecule has 0 heterocycles. The minimum absolute atomic E-state index is 0.00737. The average Bonchev–Trinajstić information content (AvgIpc) is 2.92. The van der Waals surface area contributed by atoms with Gasteiger partial charge in [-0.1, -0.05) is 116 Å². The lowest BCUT2D eigenvalue weighted by Crippen LogP contribution is -2.31. The standard InChI is InChI=1S/C38H60O3Si2/c1-14-38(39,15-2)25-17-18-28(3)31-20-16-19-29(26-31)21-22-30-23-24-32(34(36(4,5)6)40-42(10)11)33(27-30)35(37(7,8)9)41-43(12)13/h16-27,34-35,39,42-43H,14-15H2,1-13H3/b22-21+,25-17+,28-18+. The highest BCUT2D eigenvalue weighted by Crippen LogP contribution is 2.45. The summed E-state index contributed by atoms with van der Waals surface area (Å²) in [6, 6.07) is 15.5. The fourth-order valence-electron chi connectivity index (χ4n) is 5.23. The highest BCUT2D eigenvalue weighted by molar-refractivity contribution is 6.48.